The molecule has 50 heavy (non-hydrogen) atoms. The van der Waals surface area contributed by atoms with Crippen molar-refractivity contribution in [3.05, 3.63) is 12.2 Å². The first kappa shape index (κ1) is 48.1. The van der Waals surface area contributed by atoms with Gasteiger partial charge in [-0.05, 0) is 38.5 Å². The van der Waals surface area contributed by atoms with Crippen LogP contribution in [0.3, 0.4) is 0 Å². The molecule has 0 saturated heterocycles. The molecule has 0 aromatic rings. The SMILES string of the molecule is CCC/C=C\CCCCCCCC(=O)OC(COC(=O)CCCCCCCC)COC(=O)CCCCCCCCCCCCCCCCCC. The molecule has 0 spiro atoms. The zero-order valence-electron chi connectivity index (χ0n) is 33.4. The maximum absolute atomic E-state index is 12.6. The summed E-state index contributed by atoms with van der Waals surface area (Å²) < 4.78 is 16.6. The molecular formula is C44H82O6. The van der Waals surface area contributed by atoms with Gasteiger partial charge in [-0.2, -0.15) is 0 Å². The topological polar surface area (TPSA) is 78.9 Å². The molecule has 6 nitrogen and oxygen atoms in total. The van der Waals surface area contributed by atoms with E-state index < -0.39 is 6.10 Å². The number of hydrogen-bond donors (Lipinski definition) is 0. The third kappa shape index (κ3) is 37.4. The zero-order valence-corrected chi connectivity index (χ0v) is 33.4. The number of ether oxygens (including phenoxy) is 3. The standard InChI is InChI=1S/C44H82O6/c1-4-7-10-13-16-18-20-21-22-23-24-25-27-28-31-34-37-43(46)49-40-41(39-48-42(45)36-33-30-15-12-9-6-3)50-44(47)38-35-32-29-26-19-17-14-11-8-5-2/h11,14,41H,4-10,12-13,15-40H2,1-3H3/b14-11-. The molecule has 0 N–H and O–H groups in total. The van der Waals surface area contributed by atoms with E-state index >= 15 is 0 Å². The number of rotatable bonds is 39. The van der Waals surface area contributed by atoms with Crippen LogP contribution in [0.25, 0.3) is 0 Å². The molecule has 294 valence electrons. The number of esters is 3. The summed E-state index contributed by atoms with van der Waals surface area (Å²) in [4.78, 5) is 37.4. The summed E-state index contributed by atoms with van der Waals surface area (Å²) >= 11 is 0. The van der Waals surface area contributed by atoms with Crippen LogP contribution in [0.2, 0.25) is 0 Å². The van der Waals surface area contributed by atoms with Crippen molar-refractivity contribution in [1.29, 1.82) is 0 Å². The van der Waals surface area contributed by atoms with Gasteiger partial charge in [-0.15, -0.1) is 0 Å². The minimum absolute atomic E-state index is 0.0702. The molecule has 0 bridgehead atoms. The van der Waals surface area contributed by atoms with Gasteiger partial charge in [0.05, 0.1) is 0 Å². The number of carbonyl (C=O) groups excluding carboxylic acids is 3. The second kappa shape index (κ2) is 39.9. The van der Waals surface area contributed by atoms with Crippen LogP contribution in [0.15, 0.2) is 12.2 Å². The predicted octanol–water partition coefficient (Wildman–Crippen LogP) is 13.5. The van der Waals surface area contributed by atoms with E-state index in [-0.39, 0.29) is 31.1 Å². The van der Waals surface area contributed by atoms with E-state index in [1.807, 2.05) is 0 Å². The Bertz CT molecular complexity index is 778. The Morgan fingerprint density at radius 1 is 0.380 bits per heavy atom. The van der Waals surface area contributed by atoms with E-state index in [0.29, 0.717) is 19.3 Å². The van der Waals surface area contributed by atoms with Crippen LogP contribution >= 0.6 is 0 Å². The molecule has 1 atom stereocenters. The minimum atomic E-state index is -0.763. The van der Waals surface area contributed by atoms with Crippen LogP contribution in [0.5, 0.6) is 0 Å². The van der Waals surface area contributed by atoms with E-state index in [1.165, 1.54) is 116 Å². The second-order valence-corrected chi connectivity index (χ2v) is 14.6. The molecule has 0 aliphatic carbocycles. The van der Waals surface area contributed by atoms with E-state index in [9.17, 15) is 14.4 Å². The van der Waals surface area contributed by atoms with Crippen molar-refractivity contribution in [2.45, 2.75) is 239 Å². The lowest BCUT2D eigenvalue weighted by Gasteiger charge is -2.18. The molecule has 0 rings (SSSR count). The van der Waals surface area contributed by atoms with Crippen molar-refractivity contribution in [1.82, 2.24) is 0 Å². The first-order valence-corrected chi connectivity index (χ1v) is 21.7. The normalized spacial score (nSPS) is 12.0. The van der Waals surface area contributed by atoms with Gasteiger partial charge in [0.15, 0.2) is 6.10 Å². The molecule has 0 aliphatic heterocycles. The Morgan fingerprint density at radius 2 is 0.700 bits per heavy atom. The minimum Gasteiger partial charge on any atom is -0.462 e. The fourth-order valence-corrected chi connectivity index (χ4v) is 6.21. The Morgan fingerprint density at radius 3 is 1.08 bits per heavy atom. The van der Waals surface area contributed by atoms with Gasteiger partial charge in [0.1, 0.15) is 13.2 Å². The van der Waals surface area contributed by atoms with Crippen molar-refractivity contribution in [2.75, 3.05) is 13.2 Å². The van der Waals surface area contributed by atoms with Gasteiger partial charge >= 0.3 is 17.9 Å². The molecule has 0 aromatic carbocycles. The summed E-state index contributed by atoms with van der Waals surface area (Å²) in [5.41, 5.74) is 0. The highest BCUT2D eigenvalue weighted by Gasteiger charge is 2.19. The number of allylic oxidation sites excluding steroid dienone is 2. The van der Waals surface area contributed by atoms with Crippen LogP contribution in [-0.4, -0.2) is 37.2 Å². The Kier molecular flexibility index (Phi) is 38.5. The summed E-state index contributed by atoms with van der Waals surface area (Å²) in [6.45, 7) is 6.51. The van der Waals surface area contributed by atoms with E-state index in [4.69, 9.17) is 14.2 Å². The number of unbranched alkanes of at least 4 members (excludes halogenated alkanes) is 26. The molecule has 0 heterocycles. The average Bonchev–Trinajstić information content (AvgIpc) is 3.11. The Hall–Kier alpha value is -1.85. The fourth-order valence-electron chi connectivity index (χ4n) is 6.21. The molecule has 0 aliphatic rings. The molecule has 0 saturated carbocycles. The first-order valence-electron chi connectivity index (χ1n) is 21.7. The van der Waals surface area contributed by atoms with Gasteiger partial charge in [-0.1, -0.05) is 187 Å². The van der Waals surface area contributed by atoms with Crippen molar-refractivity contribution < 1.29 is 28.6 Å². The molecule has 0 radical (unpaired) electrons. The summed E-state index contributed by atoms with van der Waals surface area (Å²) in [5, 5.41) is 0. The molecule has 1 unspecified atom stereocenters. The zero-order chi connectivity index (χ0) is 36.6. The third-order valence-corrected chi connectivity index (χ3v) is 9.50. The van der Waals surface area contributed by atoms with E-state index in [0.717, 1.165) is 77.0 Å². The maximum Gasteiger partial charge on any atom is 0.306 e. The van der Waals surface area contributed by atoms with Crippen molar-refractivity contribution in [3.8, 4) is 0 Å². The monoisotopic (exact) mass is 707 g/mol. The van der Waals surface area contributed by atoms with E-state index in [1.54, 1.807) is 0 Å². The predicted molar refractivity (Wildman–Crippen MR) is 210 cm³/mol. The molecule has 6 heteroatoms. The highest BCUT2D eigenvalue weighted by Crippen LogP contribution is 2.15. The lowest BCUT2D eigenvalue weighted by Crippen LogP contribution is -2.30. The highest BCUT2D eigenvalue weighted by molar-refractivity contribution is 5.71. The summed E-state index contributed by atoms with van der Waals surface area (Å²) in [5.74, 6) is -0.886. The fraction of sp³-hybridized carbons (Fsp3) is 0.886. The molecule has 0 fully saturated rings. The maximum atomic E-state index is 12.6. The van der Waals surface area contributed by atoms with Gasteiger partial charge in [0, 0.05) is 19.3 Å². The van der Waals surface area contributed by atoms with Crippen LogP contribution in [0.1, 0.15) is 233 Å². The third-order valence-electron chi connectivity index (χ3n) is 9.50. The van der Waals surface area contributed by atoms with Crippen LogP contribution in [-0.2, 0) is 28.6 Å². The lowest BCUT2D eigenvalue weighted by atomic mass is 10.0. The van der Waals surface area contributed by atoms with Gasteiger partial charge in [0.25, 0.3) is 0 Å². The highest BCUT2D eigenvalue weighted by atomic mass is 16.6. The number of carbonyl (C=O) groups is 3. The van der Waals surface area contributed by atoms with Gasteiger partial charge < -0.3 is 14.2 Å². The molecule has 0 aromatic heterocycles. The van der Waals surface area contributed by atoms with Crippen LogP contribution in [0, 0.1) is 0 Å². The van der Waals surface area contributed by atoms with Gasteiger partial charge in [0.2, 0.25) is 0 Å². The summed E-state index contributed by atoms with van der Waals surface area (Å²) in [6, 6.07) is 0. The van der Waals surface area contributed by atoms with Crippen molar-refractivity contribution in [3.63, 3.8) is 0 Å². The Balaban J connectivity index is 4.21. The van der Waals surface area contributed by atoms with Gasteiger partial charge in [-0.25, -0.2) is 0 Å². The lowest BCUT2D eigenvalue weighted by molar-refractivity contribution is -0.167. The second-order valence-electron chi connectivity index (χ2n) is 14.6. The quantitative estimate of drug-likeness (QED) is 0.0274. The molecule has 0 amide bonds. The molecular weight excluding hydrogens is 624 g/mol. The number of hydrogen-bond acceptors (Lipinski definition) is 6. The van der Waals surface area contributed by atoms with Crippen molar-refractivity contribution in [2.24, 2.45) is 0 Å². The van der Waals surface area contributed by atoms with Crippen LogP contribution in [0.4, 0.5) is 0 Å². The average molecular weight is 707 g/mol. The Labute approximate surface area is 310 Å². The first-order chi connectivity index (χ1) is 24.5. The summed E-state index contributed by atoms with van der Waals surface area (Å²) in [6.07, 6.45) is 40.7. The largest absolute Gasteiger partial charge is 0.462 e. The smallest absolute Gasteiger partial charge is 0.306 e. The summed E-state index contributed by atoms with van der Waals surface area (Å²) in [7, 11) is 0. The van der Waals surface area contributed by atoms with E-state index in [2.05, 4.69) is 32.9 Å². The van der Waals surface area contributed by atoms with Gasteiger partial charge in [-0.3, -0.25) is 14.4 Å². The van der Waals surface area contributed by atoms with Crippen molar-refractivity contribution >= 4 is 17.9 Å². The van der Waals surface area contributed by atoms with Crippen LogP contribution < -0.4 is 0 Å².